The molecular weight excluding hydrogens is 400 g/mol. The number of benzene rings is 1. The lowest BCUT2D eigenvalue weighted by atomic mass is 9.90. The Hall–Kier alpha value is -1.79. The largest absolute Gasteiger partial charge is 0.494 e. The average molecular weight is 443 g/mol. The Balaban J connectivity index is 1.19. The van der Waals surface area contributed by atoms with Crippen molar-refractivity contribution in [1.29, 1.82) is 0 Å². The summed E-state index contributed by atoms with van der Waals surface area (Å²) in [6.45, 7) is 9.37. The van der Waals surface area contributed by atoms with Gasteiger partial charge < -0.3 is 19.9 Å². The van der Waals surface area contributed by atoms with Crippen molar-refractivity contribution in [3.05, 3.63) is 24.3 Å². The molecule has 0 radical (unpaired) electrons. The summed E-state index contributed by atoms with van der Waals surface area (Å²) >= 11 is 0. The van der Waals surface area contributed by atoms with Gasteiger partial charge in [0.05, 0.1) is 6.61 Å². The molecule has 2 saturated heterocycles. The van der Waals surface area contributed by atoms with Crippen LogP contribution in [0.3, 0.4) is 0 Å². The number of anilines is 1. The lowest BCUT2D eigenvalue weighted by Gasteiger charge is -2.35. The van der Waals surface area contributed by atoms with Gasteiger partial charge in [-0.15, -0.1) is 0 Å². The number of nitrogens with one attached hydrogen (secondary N) is 1. The van der Waals surface area contributed by atoms with Crippen molar-refractivity contribution in [2.45, 2.75) is 76.8 Å². The molecule has 32 heavy (non-hydrogen) atoms. The topological polar surface area (TPSA) is 48.1 Å². The second kappa shape index (κ2) is 11.9. The maximum absolute atomic E-state index is 13.1. The molecule has 0 unspecified atom stereocenters. The van der Waals surface area contributed by atoms with Gasteiger partial charge in [0.15, 0.2) is 0 Å². The van der Waals surface area contributed by atoms with Gasteiger partial charge in [0.25, 0.3) is 0 Å². The van der Waals surface area contributed by atoms with Crippen LogP contribution in [0.1, 0.15) is 64.7 Å². The Morgan fingerprint density at radius 2 is 1.72 bits per heavy atom. The van der Waals surface area contributed by atoms with E-state index in [4.69, 9.17) is 4.74 Å². The third-order valence-corrected chi connectivity index (χ3v) is 7.40. The lowest BCUT2D eigenvalue weighted by molar-refractivity contribution is 0.169. The van der Waals surface area contributed by atoms with Crippen LogP contribution in [0, 0.1) is 0 Å². The van der Waals surface area contributed by atoms with E-state index in [9.17, 15) is 4.79 Å². The first kappa shape index (κ1) is 23.4. The predicted molar refractivity (Wildman–Crippen MR) is 131 cm³/mol. The third kappa shape index (κ3) is 6.16. The van der Waals surface area contributed by atoms with Crippen molar-refractivity contribution < 1.29 is 9.53 Å². The number of carbonyl (C=O) groups excluding carboxylic acids is 1. The van der Waals surface area contributed by atoms with Gasteiger partial charge in [0.2, 0.25) is 0 Å². The Morgan fingerprint density at radius 3 is 2.44 bits per heavy atom. The maximum atomic E-state index is 13.1. The second-order valence-electron chi connectivity index (χ2n) is 9.69. The number of ether oxygens (including phenoxy) is 1. The Morgan fingerprint density at radius 1 is 0.969 bits per heavy atom. The summed E-state index contributed by atoms with van der Waals surface area (Å²) in [6.07, 6.45) is 10.9. The Kier molecular flexibility index (Phi) is 8.69. The van der Waals surface area contributed by atoms with Crippen LogP contribution in [0.15, 0.2) is 24.3 Å². The van der Waals surface area contributed by atoms with Crippen molar-refractivity contribution in [3.63, 3.8) is 0 Å². The summed E-state index contributed by atoms with van der Waals surface area (Å²) in [5.41, 5.74) is 0.980. The van der Waals surface area contributed by atoms with E-state index in [0.29, 0.717) is 12.1 Å². The number of hydrogen-bond donors (Lipinski definition) is 1. The number of unbranched alkanes of at least 4 members (excludes halogenated alkanes) is 1. The molecule has 2 amide bonds. The standard InChI is InChI=1S/C26H42N4O2/c1-2-3-21-32-25-13-11-24(12-14-25)30-20-19-29(26(30)31)23-9-7-22(8-10-23)27-15-18-28-16-5-4-6-17-28/h11-14,22-23,27H,2-10,15-21H2,1H3. The highest BCUT2D eigenvalue weighted by Gasteiger charge is 2.36. The molecule has 1 aromatic rings. The lowest BCUT2D eigenvalue weighted by Crippen LogP contribution is -2.45. The van der Waals surface area contributed by atoms with E-state index in [2.05, 4.69) is 22.0 Å². The number of rotatable bonds is 10. The van der Waals surface area contributed by atoms with Crippen LogP contribution in [0.25, 0.3) is 0 Å². The number of hydrogen-bond acceptors (Lipinski definition) is 4. The first-order chi connectivity index (χ1) is 15.7. The summed E-state index contributed by atoms with van der Waals surface area (Å²) in [7, 11) is 0. The molecule has 3 fully saturated rings. The van der Waals surface area contributed by atoms with Gasteiger partial charge in [0.1, 0.15) is 5.75 Å². The van der Waals surface area contributed by atoms with E-state index in [0.717, 1.165) is 63.4 Å². The van der Waals surface area contributed by atoms with Crippen LogP contribution in [-0.2, 0) is 0 Å². The maximum Gasteiger partial charge on any atom is 0.324 e. The molecule has 0 bridgehead atoms. The minimum atomic E-state index is 0.172. The summed E-state index contributed by atoms with van der Waals surface area (Å²) < 4.78 is 5.76. The molecule has 178 valence electrons. The van der Waals surface area contributed by atoms with Crippen LogP contribution >= 0.6 is 0 Å². The molecule has 1 aromatic carbocycles. The number of piperidine rings is 1. The Labute approximate surface area is 194 Å². The van der Waals surface area contributed by atoms with Gasteiger partial charge in [0, 0.05) is 44.0 Å². The highest BCUT2D eigenvalue weighted by molar-refractivity contribution is 5.94. The van der Waals surface area contributed by atoms with Crippen molar-refractivity contribution in [1.82, 2.24) is 15.1 Å². The first-order valence-electron chi connectivity index (χ1n) is 13.0. The van der Waals surface area contributed by atoms with Crippen molar-refractivity contribution in [2.75, 3.05) is 50.8 Å². The number of carbonyl (C=O) groups is 1. The highest BCUT2D eigenvalue weighted by atomic mass is 16.5. The van der Waals surface area contributed by atoms with E-state index >= 15 is 0 Å². The summed E-state index contributed by atoms with van der Waals surface area (Å²) in [6, 6.07) is 9.20. The monoisotopic (exact) mass is 442 g/mol. The van der Waals surface area contributed by atoms with Crippen molar-refractivity contribution >= 4 is 11.7 Å². The van der Waals surface area contributed by atoms with Crippen LogP contribution in [-0.4, -0.2) is 73.8 Å². The van der Waals surface area contributed by atoms with Gasteiger partial charge in [-0.1, -0.05) is 19.8 Å². The van der Waals surface area contributed by atoms with Gasteiger partial charge >= 0.3 is 6.03 Å². The summed E-state index contributed by atoms with van der Waals surface area (Å²) in [5.74, 6) is 0.886. The fourth-order valence-electron chi connectivity index (χ4n) is 5.39. The number of amides is 2. The zero-order valence-electron chi connectivity index (χ0n) is 19.9. The minimum absolute atomic E-state index is 0.172. The van der Waals surface area contributed by atoms with Crippen LogP contribution in [0.4, 0.5) is 10.5 Å². The third-order valence-electron chi connectivity index (χ3n) is 7.40. The zero-order valence-corrected chi connectivity index (χ0v) is 19.9. The molecule has 6 heteroatoms. The van der Waals surface area contributed by atoms with Gasteiger partial charge in [-0.3, -0.25) is 4.90 Å². The molecule has 2 heterocycles. The normalized spacial score (nSPS) is 24.8. The van der Waals surface area contributed by atoms with E-state index < -0.39 is 0 Å². The smallest absolute Gasteiger partial charge is 0.324 e. The minimum Gasteiger partial charge on any atom is -0.494 e. The molecule has 1 N–H and O–H groups in total. The van der Waals surface area contributed by atoms with E-state index in [1.54, 1.807) is 0 Å². The second-order valence-corrected chi connectivity index (χ2v) is 9.69. The number of urea groups is 1. The van der Waals surface area contributed by atoms with Gasteiger partial charge in [-0.25, -0.2) is 4.79 Å². The van der Waals surface area contributed by atoms with Gasteiger partial charge in [-0.05, 0) is 82.3 Å². The molecule has 0 atom stereocenters. The number of nitrogens with zero attached hydrogens (tertiary/aromatic N) is 3. The molecule has 1 aliphatic carbocycles. The molecule has 4 rings (SSSR count). The molecule has 2 aliphatic heterocycles. The summed E-state index contributed by atoms with van der Waals surface area (Å²) in [5, 5.41) is 3.78. The molecular formula is C26H42N4O2. The van der Waals surface area contributed by atoms with Crippen LogP contribution in [0.2, 0.25) is 0 Å². The molecule has 3 aliphatic rings. The van der Waals surface area contributed by atoms with Crippen molar-refractivity contribution in [3.8, 4) is 5.75 Å². The van der Waals surface area contributed by atoms with Crippen LogP contribution in [0.5, 0.6) is 5.75 Å². The predicted octanol–water partition coefficient (Wildman–Crippen LogP) is 4.49. The zero-order chi connectivity index (χ0) is 22.2. The van der Waals surface area contributed by atoms with Crippen molar-refractivity contribution in [2.24, 2.45) is 0 Å². The molecule has 0 spiro atoms. The highest BCUT2D eigenvalue weighted by Crippen LogP contribution is 2.29. The average Bonchev–Trinajstić information content (AvgIpc) is 3.22. The Bertz CT molecular complexity index is 696. The first-order valence-corrected chi connectivity index (χ1v) is 13.0. The van der Waals surface area contributed by atoms with E-state index in [-0.39, 0.29) is 6.03 Å². The molecule has 0 aromatic heterocycles. The SMILES string of the molecule is CCCCOc1ccc(N2CCN(C3CCC(NCCN4CCCCC4)CC3)C2=O)cc1. The van der Waals surface area contributed by atoms with E-state index in [1.165, 1.54) is 51.7 Å². The molecule has 6 nitrogen and oxygen atoms in total. The van der Waals surface area contributed by atoms with E-state index in [1.807, 2.05) is 29.2 Å². The fourth-order valence-corrected chi connectivity index (χ4v) is 5.39. The molecule has 1 saturated carbocycles. The summed E-state index contributed by atoms with van der Waals surface area (Å²) in [4.78, 5) is 19.8. The van der Waals surface area contributed by atoms with Crippen LogP contribution < -0.4 is 15.0 Å². The number of likely N-dealkylation sites (tertiary alicyclic amines) is 1. The van der Waals surface area contributed by atoms with Gasteiger partial charge in [-0.2, -0.15) is 0 Å². The quantitative estimate of drug-likeness (QED) is 0.542. The fraction of sp³-hybridized carbons (Fsp3) is 0.731.